The number of hydrazone groups is 1. The smallest absolute Gasteiger partial charge is 0.240 e. The molecule has 1 amide bonds. The summed E-state index contributed by atoms with van der Waals surface area (Å²) in [5.74, 6) is 0.363. The lowest BCUT2D eigenvalue weighted by Gasteiger charge is -2.08. The standard InChI is InChI=1S/C17H17Cl2N3O2/c1-12(15-5-2-3-9-20-15)21-22-17(23)6-4-10-24-16-8-7-13(18)11-14(16)19/h2-3,5,7-9,11H,4,6,10H2,1H3,(H,22,23)/b21-12+. The number of hydrogen-bond acceptors (Lipinski definition) is 4. The second kappa shape index (κ2) is 9.25. The number of rotatable bonds is 7. The van der Waals surface area contributed by atoms with Crippen molar-refractivity contribution in [1.82, 2.24) is 10.4 Å². The fourth-order valence-corrected chi connectivity index (χ4v) is 2.31. The average molecular weight is 366 g/mol. The fourth-order valence-electron chi connectivity index (χ4n) is 1.84. The summed E-state index contributed by atoms with van der Waals surface area (Å²) in [4.78, 5) is 15.9. The lowest BCUT2D eigenvalue weighted by molar-refractivity contribution is -0.121. The molecule has 24 heavy (non-hydrogen) atoms. The molecule has 0 unspecified atom stereocenters. The summed E-state index contributed by atoms with van der Waals surface area (Å²) in [6.07, 6.45) is 2.52. The average Bonchev–Trinajstić information content (AvgIpc) is 2.59. The first-order valence-electron chi connectivity index (χ1n) is 7.38. The molecule has 1 aromatic carbocycles. The van der Waals surface area contributed by atoms with Gasteiger partial charge in [0, 0.05) is 17.6 Å². The van der Waals surface area contributed by atoms with E-state index >= 15 is 0 Å². The number of pyridine rings is 1. The number of carbonyl (C=O) groups excluding carboxylic acids is 1. The van der Waals surface area contributed by atoms with E-state index in [-0.39, 0.29) is 5.91 Å². The lowest BCUT2D eigenvalue weighted by Crippen LogP contribution is -2.20. The predicted molar refractivity (Wildman–Crippen MR) is 95.8 cm³/mol. The van der Waals surface area contributed by atoms with Gasteiger partial charge < -0.3 is 4.74 Å². The second-order valence-corrected chi connectivity index (χ2v) is 5.82. The molecule has 0 spiro atoms. The summed E-state index contributed by atoms with van der Waals surface area (Å²) in [7, 11) is 0. The molecule has 1 N–H and O–H groups in total. The molecular formula is C17H17Cl2N3O2. The first kappa shape index (κ1) is 18.2. The number of hydrogen-bond donors (Lipinski definition) is 1. The van der Waals surface area contributed by atoms with Crippen LogP contribution >= 0.6 is 23.2 Å². The molecule has 0 fully saturated rings. The zero-order chi connectivity index (χ0) is 17.4. The van der Waals surface area contributed by atoms with Crippen molar-refractivity contribution >= 4 is 34.8 Å². The van der Waals surface area contributed by atoms with Gasteiger partial charge >= 0.3 is 0 Å². The molecule has 1 heterocycles. The number of benzene rings is 1. The van der Waals surface area contributed by atoms with Gasteiger partial charge in [-0.2, -0.15) is 5.10 Å². The zero-order valence-corrected chi connectivity index (χ0v) is 14.6. The van der Waals surface area contributed by atoms with Gasteiger partial charge in [0.05, 0.1) is 23.0 Å². The van der Waals surface area contributed by atoms with E-state index in [0.29, 0.717) is 41.0 Å². The van der Waals surface area contributed by atoms with Gasteiger partial charge in [0.2, 0.25) is 5.91 Å². The van der Waals surface area contributed by atoms with Crippen LogP contribution in [0.3, 0.4) is 0 Å². The van der Waals surface area contributed by atoms with Crippen molar-refractivity contribution in [2.24, 2.45) is 5.10 Å². The summed E-state index contributed by atoms with van der Waals surface area (Å²) in [5.41, 5.74) is 3.88. The van der Waals surface area contributed by atoms with Gasteiger partial charge in [-0.05, 0) is 43.7 Å². The Labute approximate surface area is 150 Å². The Balaban J connectivity index is 1.72. The molecule has 0 saturated carbocycles. The Morgan fingerprint density at radius 2 is 2.12 bits per heavy atom. The molecule has 0 radical (unpaired) electrons. The van der Waals surface area contributed by atoms with Crippen molar-refractivity contribution in [1.29, 1.82) is 0 Å². The molecule has 5 nitrogen and oxygen atoms in total. The van der Waals surface area contributed by atoms with Crippen LogP contribution in [0.5, 0.6) is 5.75 Å². The minimum atomic E-state index is -0.184. The number of nitrogens with one attached hydrogen (secondary N) is 1. The molecular weight excluding hydrogens is 349 g/mol. The molecule has 0 bridgehead atoms. The molecule has 7 heteroatoms. The van der Waals surface area contributed by atoms with Gasteiger partial charge in [0.1, 0.15) is 5.75 Å². The Morgan fingerprint density at radius 1 is 1.29 bits per heavy atom. The number of ether oxygens (including phenoxy) is 1. The summed E-state index contributed by atoms with van der Waals surface area (Å²) < 4.78 is 5.52. The predicted octanol–water partition coefficient (Wildman–Crippen LogP) is 4.09. The quantitative estimate of drug-likeness (QED) is 0.456. The molecule has 0 aliphatic heterocycles. The molecule has 2 aromatic rings. The summed E-state index contributed by atoms with van der Waals surface area (Å²) in [5, 5.41) is 5.03. The highest BCUT2D eigenvalue weighted by Crippen LogP contribution is 2.27. The van der Waals surface area contributed by atoms with Crippen LogP contribution < -0.4 is 10.2 Å². The maximum atomic E-state index is 11.8. The van der Waals surface area contributed by atoms with Gasteiger partial charge in [-0.3, -0.25) is 9.78 Å². The maximum absolute atomic E-state index is 11.8. The summed E-state index contributed by atoms with van der Waals surface area (Å²) in [6.45, 7) is 2.16. The van der Waals surface area contributed by atoms with Gasteiger partial charge in [0.15, 0.2) is 0 Å². The lowest BCUT2D eigenvalue weighted by atomic mass is 10.3. The Hall–Kier alpha value is -2.11. The van der Waals surface area contributed by atoms with Crippen LogP contribution in [-0.2, 0) is 4.79 Å². The minimum Gasteiger partial charge on any atom is -0.492 e. The number of carbonyl (C=O) groups is 1. The van der Waals surface area contributed by atoms with Gasteiger partial charge in [-0.15, -0.1) is 0 Å². The van der Waals surface area contributed by atoms with Crippen molar-refractivity contribution < 1.29 is 9.53 Å². The molecule has 2 rings (SSSR count). The highest BCUT2D eigenvalue weighted by Gasteiger charge is 2.05. The summed E-state index contributed by atoms with van der Waals surface area (Å²) >= 11 is 11.8. The van der Waals surface area contributed by atoms with Crippen LogP contribution in [0.4, 0.5) is 0 Å². The van der Waals surface area contributed by atoms with Crippen LogP contribution in [-0.4, -0.2) is 23.2 Å². The van der Waals surface area contributed by atoms with Gasteiger partial charge in [-0.25, -0.2) is 5.43 Å². The van der Waals surface area contributed by atoms with E-state index in [0.717, 1.165) is 5.69 Å². The van der Waals surface area contributed by atoms with Crippen molar-refractivity contribution in [3.05, 3.63) is 58.3 Å². The highest BCUT2D eigenvalue weighted by molar-refractivity contribution is 6.35. The first-order valence-corrected chi connectivity index (χ1v) is 8.14. The van der Waals surface area contributed by atoms with E-state index in [9.17, 15) is 4.79 Å². The van der Waals surface area contributed by atoms with Crippen molar-refractivity contribution in [3.8, 4) is 5.75 Å². The van der Waals surface area contributed by atoms with E-state index in [2.05, 4.69) is 15.5 Å². The summed E-state index contributed by atoms with van der Waals surface area (Å²) in [6, 6.07) is 10.5. The number of aromatic nitrogens is 1. The van der Waals surface area contributed by atoms with E-state index in [1.165, 1.54) is 0 Å². The third-order valence-electron chi connectivity index (χ3n) is 3.08. The molecule has 0 saturated heterocycles. The van der Waals surface area contributed by atoms with E-state index in [1.807, 2.05) is 18.2 Å². The minimum absolute atomic E-state index is 0.184. The van der Waals surface area contributed by atoms with Crippen LogP contribution in [0.15, 0.2) is 47.7 Å². The highest BCUT2D eigenvalue weighted by atomic mass is 35.5. The Kier molecular flexibility index (Phi) is 7.03. The van der Waals surface area contributed by atoms with Crippen LogP contribution in [0.1, 0.15) is 25.5 Å². The van der Waals surface area contributed by atoms with Crippen LogP contribution in [0.2, 0.25) is 10.0 Å². The van der Waals surface area contributed by atoms with E-state index in [1.54, 1.807) is 31.3 Å². The third kappa shape index (κ3) is 5.83. The number of nitrogens with zero attached hydrogens (tertiary/aromatic N) is 2. The van der Waals surface area contributed by atoms with Crippen LogP contribution in [0.25, 0.3) is 0 Å². The fraction of sp³-hybridized carbons (Fsp3) is 0.235. The monoisotopic (exact) mass is 365 g/mol. The van der Waals surface area contributed by atoms with Gasteiger partial charge in [0.25, 0.3) is 0 Å². The number of halogens is 2. The topological polar surface area (TPSA) is 63.6 Å². The van der Waals surface area contributed by atoms with E-state index < -0.39 is 0 Å². The van der Waals surface area contributed by atoms with Crippen molar-refractivity contribution in [2.75, 3.05) is 6.61 Å². The van der Waals surface area contributed by atoms with Crippen molar-refractivity contribution in [3.63, 3.8) is 0 Å². The molecule has 0 atom stereocenters. The Bertz CT molecular complexity index is 721. The molecule has 1 aromatic heterocycles. The largest absolute Gasteiger partial charge is 0.492 e. The zero-order valence-electron chi connectivity index (χ0n) is 13.1. The Morgan fingerprint density at radius 3 is 2.83 bits per heavy atom. The second-order valence-electron chi connectivity index (χ2n) is 4.97. The molecule has 126 valence electrons. The maximum Gasteiger partial charge on any atom is 0.240 e. The van der Waals surface area contributed by atoms with Crippen LogP contribution in [0, 0.1) is 0 Å². The molecule has 0 aliphatic rings. The molecule has 0 aliphatic carbocycles. The van der Waals surface area contributed by atoms with Gasteiger partial charge in [-0.1, -0.05) is 29.3 Å². The first-order chi connectivity index (χ1) is 11.6. The third-order valence-corrected chi connectivity index (χ3v) is 3.61. The van der Waals surface area contributed by atoms with Crippen molar-refractivity contribution in [2.45, 2.75) is 19.8 Å². The number of amides is 1. The van der Waals surface area contributed by atoms with E-state index in [4.69, 9.17) is 27.9 Å². The normalized spacial score (nSPS) is 11.2. The SMILES string of the molecule is C/C(=N\NC(=O)CCCOc1ccc(Cl)cc1Cl)c1ccccn1.